The van der Waals surface area contributed by atoms with Crippen LogP contribution in [-0.4, -0.2) is 52.4 Å². The summed E-state index contributed by atoms with van der Waals surface area (Å²) in [4.78, 5) is 22.2. The van der Waals surface area contributed by atoms with Gasteiger partial charge in [-0.3, -0.25) is 4.79 Å². The highest BCUT2D eigenvalue weighted by Crippen LogP contribution is 2.54. The molecule has 2 aliphatic rings. The zero-order valence-corrected chi connectivity index (χ0v) is 15.0. The summed E-state index contributed by atoms with van der Waals surface area (Å²) in [5, 5.41) is 3.41. The summed E-state index contributed by atoms with van der Waals surface area (Å²) in [6.45, 7) is 2.15. The maximum atomic E-state index is 14.1. The fourth-order valence-electron chi connectivity index (χ4n) is 3.62. The Balaban J connectivity index is 1.50. The topological polar surface area (TPSA) is 67.4 Å². The number of aromatic nitrogens is 2. The highest BCUT2D eigenvalue weighted by molar-refractivity contribution is 5.92. The molecule has 0 unspecified atom stereocenters. The molecule has 2 fully saturated rings. The largest absolute Gasteiger partial charge is 0.573 e. The molecule has 1 spiro atoms. The van der Waals surface area contributed by atoms with Gasteiger partial charge in [-0.05, 0) is 31.9 Å². The van der Waals surface area contributed by atoms with Crippen molar-refractivity contribution in [2.24, 2.45) is 5.41 Å². The highest BCUT2D eigenvalue weighted by atomic mass is 19.4. The predicted molar refractivity (Wildman–Crippen MR) is 92.4 cm³/mol. The van der Waals surface area contributed by atoms with Gasteiger partial charge in [0.2, 0.25) is 5.91 Å². The summed E-state index contributed by atoms with van der Waals surface area (Å²) >= 11 is 0. The first-order valence-electron chi connectivity index (χ1n) is 8.87. The van der Waals surface area contributed by atoms with Crippen molar-refractivity contribution in [3.05, 3.63) is 24.5 Å². The fourth-order valence-corrected chi connectivity index (χ4v) is 3.62. The van der Waals surface area contributed by atoms with Crippen molar-refractivity contribution in [2.45, 2.75) is 38.3 Å². The van der Waals surface area contributed by atoms with Gasteiger partial charge in [-0.1, -0.05) is 0 Å². The second-order valence-electron chi connectivity index (χ2n) is 7.36. The van der Waals surface area contributed by atoms with Crippen LogP contribution in [0.2, 0.25) is 0 Å². The van der Waals surface area contributed by atoms with E-state index in [1.807, 2.05) is 0 Å². The average molecular weight is 398 g/mol. The van der Waals surface area contributed by atoms with Crippen LogP contribution in [-0.2, 0) is 4.79 Å². The molecule has 2 aromatic rings. The third-order valence-electron chi connectivity index (χ3n) is 5.32. The van der Waals surface area contributed by atoms with E-state index in [4.69, 9.17) is 0 Å². The molecule has 1 aliphatic heterocycles. The van der Waals surface area contributed by atoms with Crippen molar-refractivity contribution in [3.63, 3.8) is 0 Å². The van der Waals surface area contributed by atoms with Crippen LogP contribution < -0.4 is 10.1 Å². The Morgan fingerprint density at radius 2 is 2.11 bits per heavy atom. The molecule has 1 aromatic heterocycles. The molecule has 6 nitrogen and oxygen atoms in total. The first-order chi connectivity index (χ1) is 13.2. The quantitative estimate of drug-likeness (QED) is 0.801. The number of alkyl halides is 4. The normalized spacial score (nSPS) is 21.8. The molecular formula is C18H18F4N4O2. The van der Waals surface area contributed by atoms with E-state index in [2.05, 4.69) is 20.0 Å². The minimum Gasteiger partial charge on any atom is -0.406 e. The van der Waals surface area contributed by atoms with Crippen LogP contribution in [0.1, 0.15) is 19.8 Å². The summed E-state index contributed by atoms with van der Waals surface area (Å²) in [5.41, 5.74) is -0.118. The zero-order valence-electron chi connectivity index (χ0n) is 15.0. The van der Waals surface area contributed by atoms with Crippen LogP contribution in [0.15, 0.2) is 24.5 Å². The van der Waals surface area contributed by atoms with Crippen LogP contribution in [0, 0.1) is 5.41 Å². The number of nitrogens with one attached hydrogen (secondary N) is 1. The third-order valence-corrected chi connectivity index (χ3v) is 5.32. The van der Waals surface area contributed by atoms with Crippen molar-refractivity contribution in [1.29, 1.82) is 0 Å². The van der Waals surface area contributed by atoms with Gasteiger partial charge in [0.15, 0.2) is 0 Å². The number of carbonyl (C=O) groups is 1. The molecule has 1 saturated heterocycles. The predicted octanol–water partition coefficient (Wildman–Crippen LogP) is 3.29. The van der Waals surface area contributed by atoms with Crippen LogP contribution >= 0.6 is 0 Å². The summed E-state index contributed by atoms with van der Waals surface area (Å²) in [6.07, 6.45) is -3.00. The molecule has 1 amide bonds. The number of hydrogen-bond donors (Lipinski definition) is 1. The number of likely N-dealkylation sites (tertiary alicyclic amines) is 1. The molecule has 28 heavy (non-hydrogen) atoms. The highest BCUT2D eigenvalue weighted by Gasteiger charge is 2.56. The van der Waals surface area contributed by atoms with Gasteiger partial charge in [-0.25, -0.2) is 14.4 Å². The Bertz CT molecular complexity index is 916. The van der Waals surface area contributed by atoms with Crippen LogP contribution in [0.5, 0.6) is 5.75 Å². The number of benzene rings is 1. The van der Waals surface area contributed by atoms with Crippen LogP contribution in [0.3, 0.4) is 0 Å². The number of amides is 1. The first-order valence-corrected chi connectivity index (χ1v) is 8.87. The second-order valence-corrected chi connectivity index (χ2v) is 7.36. The molecular weight excluding hydrogens is 380 g/mol. The Morgan fingerprint density at radius 1 is 1.36 bits per heavy atom. The molecule has 1 aliphatic carbocycles. The molecule has 0 bridgehead atoms. The van der Waals surface area contributed by atoms with E-state index in [1.54, 1.807) is 6.92 Å². The smallest absolute Gasteiger partial charge is 0.406 e. The van der Waals surface area contributed by atoms with E-state index >= 15 is 0 Å². The molecule has 150 valence electrons. The van der Waals surface area contributed by atoms with Crippen LogP contribution in [0.4, 0.5) is 23.4 Å². The SMILES string of the molecule is C[C@@H](Nc1ncnc2cc(OC(F)(F)F)ccc12)C(=O)N1C[C@@H](F)C2(CC2)C1. The maximum Gasteiger partial charge on any atom is 0.573 e. The van der Waals surface area contributed by atoms with Crippen molar-refractivity contribution < 1.29 is 27.1 Å². The molecule has 4 rings (SSSR count). The summed E-state index contributed by atoms with van der Waals surface area (Å²) in [5.74, 6) is -0.327. The van der Waals surface area contributed by atoms with Gasteiger partial charge in [-0.15, -0.1) is 13.2 Å². The number of halogens is 4. The van der Waals surface area contributed by atoms with Gasteiger partial charge in [0.05, 0.1) is 12.1 Å². The minimum absolute atomic E-state index is 0.0908. The number of hydrogen-bond acceptors (Lipinski definition) is 5. The number of nitrogens with zero attached hydrogens (tertiary/aromatic N) is 3. The zero-order chi connectivity index (χ0) is 20.1. The molecule has 1 aromatic carbocycles. The average Bonchev–Trinajstić information content (AvgIpc) is 3.32. The molecule has 2 atom stereocenters. The Labute approximate surface area is 157 Å². The Kier molecular flexibility index (Phi) is 4.31. The van der Waals surface area contributed by atoms with E-state index in [9.17, 15) is 22.4 Å². The van der Waals surface area contributed by atoms with Gasteiger partial charge < -0.3 is 15.0 Å². The van der Waals surface area contributed by atoms with Gasteiger partial charge >= 0.3 is 6.36 Å². The number of rotatable bonds is 4. The lowest BCUT2D eigenvalue weighted by Gasteiger charge is -2.22. The first kappa shape index (κ1) is 18.7. The Hall–Kier alpha value is -2.65. The van der Waals surface area contributed by atoms with E-state index in [-0.39, 0.29) is 23.4 Å². The standard InChI is InChI=1S/C18H18F4N4O2/c1-10(16(27)26-7-14(19)17(8-26)4-5-17)25-15-12-3-2-11(28-18(20,21)22)6-13(12)23-9-24-15/h2-3,6,9-10,14H,4-5,7-8H2,1H3,(H,23,24,25)/t10-,14-/m1/s1. The number of ether oxygens (including phenoxy) is 1. The van der Waals surface area contributed by atoms with E-state index < -0.39 is 24.3 Å². The lowest BCUT2D eigenvalue weighted by Crippen LogP contribution is -2.40. The number of fused-ring (bicyclic) bond motifs is 1. The Morgan fingerprint density at radius 3 is 2.75 bits per heavy atom. The number of carbonyl (C=O) groups excluding carboxylic acids is 1. The fraction of sp³-hybridized carbons (Fsp3) is 0.500. The van der Waals surface area contributed by atoms with Gasteiger partial charge in [0, 0.05) is 23.4 Å². The molecule has 2 heterocycles. The van der Waals surface area contributed by atoms with Gasteiger partial charge in [0.1, 0.15) is 30.1 Å². The third kappa shape index (κ3) is 3.55. The molecule has 1 saturated carbocycles. The van der Waals surface area contributed by atoms with Gasteiger partial charge in [-0.2, -0.15) is 0 Å². The van der Waals surface area contributed by atoms with E-state index in [0.29, 0.717) is 17.7 Å². The summed E-state index contributed by atoms with van der Waals surface area (Å²) < 4.78 is 55.1. The second kappa shape index (κ2) is 6.46. The molecule has 10 heteroatoms. The lowest BCUT2D eigenvalue weighted by atomic mass is 10.1. The molecule has 1 N–H and O–H groups in total. The summed E-state index contributed by atoms with van der Waals surface area (Å²) in [7, 11) is 0. The number of anilines is 1. The van der Waals surface area contributed by atoms with Crippen molar-refractivity contribution in [1.82, 2.24) is 14.9 Å². The van der Waals surface area contributed by atoms with Crippen molar-refractivity contribution in [3.8, 4) is 5.75 Å². The van der Waals surface area contributed by atoms with Crippen molar-refractivity contribution >= 4 is 22.6 Å². The van der Waals surface area contributed by atoms with Crippen LogP contribution in [0.25, 0.3) is 10.9 Å². The van der Waals surface area contributed by atoms with E-state index in [1.165, 1.54) is 17.3 Å². The monoisotopic (exact) mass is 398 g/mol. The van der Waals surface area contributed by atoms with E-state index in [0.717, 1.165) is 25.0 Å². The summed E-state index contributed by atoms with van der Waals surface area (Å²) in [6, 6.07) is 3.02. The van der Waals surface area contributed by atoms with Gasteiger partial charge in [0.25, 0.3) is 0 Å². The molecule has 0 radical (unpaired) electrons. The minimum atomic E-state index is -4.80. The van der Waals surface area contributed by atoms with Crippen molar-refractivity contribution in [2.75, 3.05) is 18.4 Å². The maximum absolute atomic E-state index is 14.1. The lowest BCUT2D eigenvalue weighted by molar-refractivity contribution is -0.274.